The summed E-state index contributed by atoms with van der Waals surface area (Å²) in [5.74, 6) is 1.30. The van der Waals surface area contributed by atoms with Gasteiger partial charge in [0.2, 0.25) is 5.75 Å². The van der Waals surface area contributed by atoms with E-state index in [1.54, 1.807) is 52.5 Å². The number of ether oxygens (including phenoxy) is 4. The molecule has 0 aliphatic rings. The normalized spacial score (nSPS) is 10.0. The molecule has 28 heavy (non-hydrogen) atoms. The molecule has 2 rings (SSSR count). The van der Waals surface area contributed by atoms with Crippen LogP contribution < -0.4 is 24.8 Å². The maximum Gasteiger partial charge on any atom is 0.338 e. The van der Waals surface area contributed by atoms with Crippen molar-refractivity contribution >= 4 is 29.0 Å². The number of esters is 1. The Kier molecular flexibility index (Phi) is 7.88. The average molecular weight is 404 g/mol. The highest BCUT2D eigenvalue weighted by atomic mass is 32.1. The van der Waals surface area contributed by atoms with Crippen LogP contribution in [0.25, 0.3) is 0 Å². The molecule has 0 aliphatic heterocycles. The van der Waals surface area contributed by atoms with Gasteiger partial charge >= 0.3 is 5.97 Å². The molecule has 0 radical (unpaired) electrons. The zero-order valence-corrected chi connectivity index (χ0v) is 17.1. The number of methoxy groups -OCH3 is 3. The maximum atomic E-state index is 11.8. The quantitative estimate of drug-likeness (QED) is 0.512. The summed E-state index contributed by atoms with van der Waals surface area (Å²) >= 11 is 5.35. The van der Waals surface area contributed by atoms with Crippen LogP contribution in [0.5, 0.6) is 17.2 Å². The first-order chi connectivity index (χ1) is 13.5. The molecule has 0 saturated carbocycles. The summed E-state index contributed by atoms with van der Waals surface area (Å²) in [4.78, 5) is 11.8. The predicted molar refractivity (Wildman–Crippen MR) is 112 cm³/mol. The number of anilines is 1. The largest absolute Gasteiger partial charge is 0.493 e. The lowest BCUT2D eigenvalue weighted by atomic mass is 10.1. The first kappa shape index (κ1) is 21.3. The van der Waals surface area contributed by atoms with Gasteiger partial charge in [-0.1, -0.05) is 6.07 Å². The number of carbonyl (C=O) groups excluding carboxylic acids is 1. The molecule has 0 aliphatic carbocycles. The highest BCUT2D eigenvalue weighted by Gasteiger charge is 2.16. The van der Waals surface area contributed by atoms with Crippen molar-refractivity contribution in [1.82, 2.24) is 5.32 Å². The number of thiocarbonyl (C=S) groups is 1. The van der Waals surface area contributed by atoms with E-state index in [0.29, 0.717) is 46.8 Å². The van der Waals surface area contributed by atoms with E-state index in [0.717, 1.165) is 5.56 Å². The number of rotatable bonds is 8. The van der Waals surface area contributed by atoms with E-state index < -0.39 is 0 Å². The zero-order chi connectivity index (χ0) is 20.5. The Hall–Kier alpha value is -3.00. The molecule has 0 amide bonds. The molecule has 0 aromatic heterocycles. The summed E-state index contributed by atoms with van der Waals surface area (Å²) in [5, 5.41) is 6.57. The highest BCUT2D eigenvalue weighted by molar-refractivity contribution is 7.80. The van der Waals surface area contributed by atoms with Crippen LogP contribution in [0.4, 0.5) is 5.69 Å². The molecule has 7 nitrogen and oxygen atoms in total. The Morgan fingerprint density at radius 1 is 1.04 bits per heavy atom. The van der Waals surface area contributed by atoms with Crippen molar-refractivity contribution in [3.63, 3.8) is 0 Å². The molecule has 8 heteroatoms. The maximum absolute atomic E-state index is 11.8. The Labute approximate surface area is 169 Å². The average Bonchev–Trinajstić information content (AvgIpc) is 2.71. The number of hydrogen-bond donors (Lipinski definition) is 2. The molecule has 150 valence electrons. The summed E-state index contributed by atoms with van der Waals surface area (Å²) < 4.78 is 21.1. The molecule has 0 atom stereocenters. The second-order valence-electron chi connectivity index (χ2n) is 5.60. The molecule has 0 unspecified atom stereocenters. The number of hydrogen-bond acceptors (Lipinski definition) is 6. The van der Waals surface area contributed by atoms with E-state index in [9.17, 15) is 4.79 Å². The SMILES string of the molecule is CCOC(=O)c1cccc(NC(=S)NCc2ccc(OC)c(OC)c2OC)c1. The smallest absolute Gasteiger partial charge is 0.338 e. The van der Waals surface area contributed by atoms with Gasteiger partial charge < -0.3 is 29.6 Å². The fourth-order valence-electron chi connectivity index (χ4n) is 2.59. The van der Waals surface area contributed by atoms with Gasteiger partial charge in [-0.25, -0.2) is 4.79 Å². The van der Waals surface area contributed by atoms with Crippen LogP contribution in [-0.2, 0) is 11.3 Å². The standard InChI is InChI=1S/C20H24N2O5S/c1-5-27-19(23)13-7-6-8-15(11-13)22-20(28)21-12-14-9-10-16(24-2)18(26-4)17(14)25-3/h6-11H,5,12H2,1-4H3,(H2,21,22,28). The van der Waals surface area contributed by atoms with E-state index >= 15 is 0 Å². The minimum absolute atomic E-state index is 0.323. The Balaban J connectivity index is 2.05. The van der Waals surface area contributed by atoms with Crippen LogP contribution in [0, 0.1) is 0 Å². The predicted octanol–water partition coefficient (Wildman–Crippen LogP) is 3.38. The van der Waals surface area contributed by atoms with Crippen molar-refractivity contribution in [3.05, 3.63) is 47.5 Å². The van der Waals surface area contributed by atoms with Crippen molar-refractivity contribution in [2.45, 2.75) is 13.5 Å². The minimum atomic E-state index is -0.375. The van der Waals surface area contributed by atoms with Crippen molar-refractivity contribution in [2.24, 2.45) is 0 Å². The van der Waals surface area contributed by atoms with Gasteiger partial charge in [-0.3, -0.25) is 0 Å². The van der Waals surface area contributed by atoms with Gasteiger partial charge in [0.15, 0.2) is 16.6 Å². The fourth-order valence-corrected chi connectivity index (χ4v) is 2.78. The molecule has 0 saturated heterocycles. The summed E-state index contributed by atoms with van der Waals surface area (Å²) in [7, 11) is 4.69. The van der Waals surface area contributed by atoms with Gasteiger partial charge in [-0.2, -0.15) is 0 Å². The van der Waals surface area contributed by atoms with E-state index in [1.165, 1.54) is 0 Å². The molecule has 0 fully saturated rings. The third-order valence-corrected chi connectivity index (χ3v) is 4.10. The number of carbonyl (C=O) groups is 1. The van der Waals surface area contributed by atoms with Gasteiger partial charge in [0, 0.05) is 17.8 Å². The zero-order valence-electron chi connectivity index (χ0n) is 16.3. The van der Waals surface area contributed by atoms with Crippen molar-refractivity contribution in [2.75, 3.05) is 33.3 Å². The third kappa shape index (κ3) is 5.26. The van der Waals surface area contributed by atoms with Crippen LogP contribution in [0.1, 0.15) is 22.8 Å². The second kappa shape index (κ2) is 10.4. The van der Waals surface area contributed by atoms with Gasteiger partial charge in [-0.15, -0.1) is 0 Å². The Morgan fingerprint density at radius 3 is 2.43 bits per heavy atom. The Morgan fingerprint density at radius 2 is 1.79 bits per heavy atom. The highest BCUT2D eigenvalue weighted by Crippen LogP contribution is 2.39. The Bertz CT molecular complexity index is 841. The fraction of sp³-hybridized carbons (Fsp3) is 0.300. The van der Waals surface area contributed by atoms with E-state index in [-0.39, 0.29) is 5.97 Å². The van der Waals surface area contributed by atoms with Crippen LogP contribution in [0.15, 0.2) is 36.4 Å². The van der Waals surface area contributed by atoms with Crippen LogP contribution in [0.2, 0.25) is 0 Å². The summed E-state index contributed by atoms with van der Waals surface area (Å²) in [6.07, 6.45) is 0. The monoisotopic (exact) mass is 404 g/mol. The van der Waals surface area contributed by atoms with Gasteiger partial charge in [-0.05, 0) is 49.5 Å². The topological polar surface area (TPSA) is 78.1 Å². The van der Waals surface area contributed by atoms with E-state index in [1.807, 2.05) is 12.1 Å². The van der Waals surface area contributed by atoms with E-state index in [2.05, 4.69) is 10.6 Å². The lowest BCUT2D eigenvalue weighted by molar-refractivity contribution is 0.0526. The number of benzene rings is 2. The lowest BCUT2D eigenvalue weighted by Gasteiger charge is -2.17. The summed E-state index contributed by atoms with van der Waals surface area (Å²) in [5.41, 5.74) is 1.99. The molecular formula is C20H24N2O5S. The molecular weight excluding hydrogens is 380 g/mol. The van der Waals surface area contributed by atoms with Crippen LogP contribution in [0.3, 0.4) is 0 Å². The van der Waals surface area contributed by atoms with Crippen molar-refractivity contribution < 1.29 is 23.7 Å². The lowest BCUT2D eigenvalue weighted by Crippen LogP contribution is -2.28. The molecule has 2 N–H and O–H groups in total. The first-order valence-corrected chi connectivity index (χ1v) is 9.04. The summed E-state index contributed by atoms with van der Waals surface area (Å²) in [6, 6.07) is 10.6. The van der Waals surface area contributed by atoms with Gasteiger partial charge in [0.25, 0.3) is 0 Å². The molecule has 2 aromatic carbocycles. The van der Waals surface area contributed by atoms with Gasteiger partial charge in [0.1, 0.15) is 0 Å². The minimum Gasteiger partial charge on any atom is -0.493 e. The van der Waals surface area contributed by atoms with Crippen molar-refractivity contribution in [1.29, 1.82) is 0 Å². The second-order valence-corrected chi connectivity index (χ2v) is 6.01. The van der Waals surface area contributed by atoms with Gasteiger partial charge in [0.05, 0.1) is 33.5 Å². The first-order valence-electron chi connectivity index (χ1n) is 8.63. The van der Waals surface area contributed by atoms with Crippen LogP contribution in [-0.4, -0.2) is 39.0 Å². The molecule has 0 spiro atoms. The molecule has 0 bridgehead atoms. The third-order valence-electron chi connectivity index (χ3n) is 3.86. The molecule has 0 heterocycles. The molecule has 2 aromatic rings. The van der Waals surface area contributed by atoms with E-state index in [4.69, 9.17) is 31.2 Å². The van der Waals surface area contributed by atoms with Crippen LogP contribution >= 0.6 is 12.2 Å². The summed E-state index contributed by atoms with van der Waals surface area (Å²) in [6.45, 7) is 2.50. The number of nitrogens with one attached hydrogen (secondary N) is 2. The van der Waals surface area contributed by atoms with Crippen molar-refractivity contribution in [3.8, 4) is 17.2 Å².